The highest BCUT2D eigenvalue weighted by Gasteiger charge is 2.38. The second-order valence-corrected chi connectivity index (χ2v) is 9.20. The van der Waals surface area contributed by atoms with Crippen molar-refractivity contribution in [1.29, 1.82) is 0 Å². The molecule has 0 fully saturated rings. The van der Waals surface area contributed by atoms with Crippen LogP contribution in [-0.2, 0) is 27.7 Å². The van der Waals surface area contributed by atoms with E-state index in [9.17, 15) is 21.6 Å². The van der Waals surface area contributed by atoms with Crippen LogP contribution in [0.5, 0.6) is 0 Å². The Hall–Kier alpha value is -2.43. The molecule has 0 unspecified atom stereocenters. The summed E-state index contributed by atoms with van der Waals surface area (Å²) in [6.45, 7) is 7.45. The Morgan fingerprint density at radius 3 is 2.22 bits per heavy atom. The number of primary sulfonamides is 1. The fourth-order valence-electron chi connectivity index (χ4n) is 3.60. The smallest absolute Gasteiger partial charge is 0.475 e. The zero-order valence-electron chi connectivity index (χ0n) is 17.9. The minimum Gasteiger partial charge on any atom is -0.475 e. The van der Waals surface area contributed by atoms with Crippen LogP contribution in [0, 0.1) is 6.92 Å². The number of hydrogen-bond donors (Lipinski definition) is 2. The lowest BCUT2D eigenvalue weighted by Gasteiger charge is -2.18. The van der Waals surface area contributed by atoms with Crippen LogP contribution in [0.25, 0.3) is 11.1 Å². The molecule has 176 valence electrons. The molecule has 1 aliphatic heterocycles. The van der Waals surface area contributed by atoms with E-state index >= 15 is 0 Å². The summed E-state index contributed by atoms with van der Waals surface area (Å²) >= 11 is 0. The fourth-order valence-corrected chi connectivity index (χ4v) is 4.34. The summed E-state index contributed by atoms with van der Waals surface area (Å²) in [5.41, 5.74) is 5.33. The predicted octanol–water partition coefficient (Wildman–Crippen LogP) is 3.75. The van der Waals surface area contributed by atoms with Crippen molar-refractivity contribution >= 4 is 16.0 Å². The monoisotopic (exact) mass is 472 g/mol. The van der Waals surface area contributed by atoms with Gasteiger partial charge in [0.2, 0.25) is 10.0 Å². The van der Waals surface area contributed by atoms with Gasteiger partial charge < -0.3 is 10.0 Å². The third kappa shape index (κ3) is 7.04. The minimum absolute atomic E-state index is 0.194. The van der Waals surface area contributed by atoms with E-state index < -0.39 is 22.2 Å². The lowest BCUT2D eigenvalue weighted by molar-refractivity contribution is -0.192. The normalized spacial score (nSPS) is 14.7. The van der Waals surface area contributed by atoms with Gasteiger partial charge >= 0.3 is 12.1 Å². The number of alkyl halides is 3. The first-order chi connectivity index (χ1) is 14.8. The number of nitrogens with two attached hydrogens (primary N) is 1. The van der Waals surface area contributed by atoms with Gasteiger partial charge in [0, 0.05) is 18.7 Å². The molecule has 1 aliphatic rings. The van der Waals surface area contributed by atoms with Gasteiger partial charge in [-0.1, -0.05) is 42.8 Å². The number of halogens is 3. The largest absolute Gasteiger partial charge is 0.490 e. The van der Waals surface area contributed by atoms with Gasteiger partial charge in [-0.15, -0.1) is 0 Å². The number of aryl methyl sites for hydroxylation is 1. The van der Waals surface area contributed by atoms with Crippen molar-refractivity contribution in [3.63, 3.8) is 0 Å². The average molecular weight is 473 g/mol. The number of fused-ring (bicyclic) bond motifs is 1. The summed E-state index contributed by atoms with van der Waals surface area (Å²) in [4.78, 5) is 11.6. The van der Waals surface area contributed by atoms with Gasteiger partial charge in [-0.05, 0) is 55.5 Å². The maximum Gasteiger partial charge on any atom is 0.490 e. The molecule has 10 heteroatoms. The van der Waals surface area contributed by atoms with E-state index in [1.807, 2.05) is 19.1 Å². The van der Waals surface area contributed by atoms with E-state index in [0.717, 1.165) is 43.6 Å². The van der Waals surface area contributed by atoms with Gasteiger partial charge in [0.05, 0.1) is 4.90 Å². The van der Waals surface area contributed by atoms with Crippen molar-refractivity contribution in [3.8, 4) is 11.1 Å². The molecule has 0 radical (unpaired) electrons. The second-order valence-electron chi connectivity index (χ2n) is 7.67. The standard InChI is InChI=1S/C20H26N2O2S.C2HF3O2/c1-3-10-22-11-8-16-5-6-18(14-17(16)9-12-22)19-13-15(2)4-7-20(19)25(21,23)24;3-2(4,5)1(6)7/h4-7,13-14H,3,8-12H2,1-2H3,(H2,21,23,24);(H,6,7). The number of nitrogens with zero attached hydrogens (tertiary/aromatic N) is 1. The van der Waals surface area contributed by atoms with Crippen LogP contribution >= 0.6 is 0 Å². The summed E-state index contributed by atoms with van der Waals surface area (Å²) in [5.74, 6) is -2.76. The number of benzene rings is 2. The van der Waals surface area contributed by atoms with E-state index in [1.165, 1.54) is 17.5 Å². The molecule has 0 atom stereocenters. The Balaban J connectivity index is 0.000000451. The Morgan fingerprint density at radius 2 is 1.69 bits per heavy atom. The van der Waals surface area contributed by atoms with Crippen molar-refractivity contribution < 1.29 is 31.5 Å². The maximum absolute atomic E-state index is 12.0. The van der Waals surface area contributed by atoms with Crippen LogP contribution < -0.4 is 5.14 Å². The number of carboxylic acid groups (broad SMARTS) is 1. The molecule has 0 saturated heterocycles. The molecule has 0 aliphatic carbocycles. The van der Waals surface area contributed by atoms with Gasteiger partial charge in [0.1, 0.15) is 0 Å². The average Bonchev–Trinajstić information content (AvgIpc) is 2.89. The molecule has 0 bridgehead atoms. The fraction of sp³-hybridized carbons (Fsp3) is 0.409. The van der Waals surface area contributed by atoms with E-state index in [1.54, 1.807) is 12.1 Å². The summed E-state index contributed by atoms with van der Waals surface area (Å²) in [5, 5.41) is 12.5. The van der Waals surface area contributed by atoms with Gasteiger partial charge in [-0.2, -0.15) is 13.2 Å². The van der Waals surface area contributed by atoms with E-state index in [4.69, 9.17) is 15.0 Å². The number of carboxylic acids is 1. The molecule has 0 saturated carbocycles. The molecule has 1 heterocycles. The van der Waals surface area contributed by atoms with Crippen LogP contribution in [0.1, 0.15) is 30.0 Å². The van der Waals surface area contributed by atoms with Gasteiger partial charge in [0.15, 0.2) is 0 Å². The molecule has 0 spiro atoms. The Morgan fingerprint density at radius 1 is 1.09 bits per heavy atom. The molecule has 2 aromatic rings. The first kappa shape index (κ1) is 25.8. The third-order valence-electron chi connectivity index (χ3n) is 5.14. The van der Waals surface area contributed by atoms with E-state index in [0.29, 0.717) is 5.56 Å². The Kier molecular flexibility index (Phi) is 8.44. The Labute approximate surface area is 185 Å². The summed E-state index contributed by atoms with van der Waals surface area (Å²) in [6.07, 6.45) is -1.87. The molecule has 2 aromatic carbocycles. The van der Waals surface area contributed by atoms with Crippen LogP contribution in [0.3, 0.4) is 0 Å². The lowest BCUT2D eigenvalue weighted by atomic mass is 9.96. The molecular formula is C22H27F3N2O4S. The summed E-state index contributed by atoms with van der Waals surface area (Å²) < 4.78 is 55.7. The van der Waals surface area contributed by atoms with Crippen molar-refractivity contribution in [3.05, 3.63) is 53.1 Å². The zero-order chi connectivity index (χ0) is 24.1. The molecule has 6 nitrogen and oxygen atoms in total. The SMILES string of the molecule is CCCN1CCc2ccc(-c3cc(C)ccc3S(N)(=O)=O)cc2CC1.O=C(O)C(F)(F)F. The van der Waals surface area contributed by atoms with Gasteiger partial charge in [0.25, 0.3) is 0 Å². The molecular weight excluding hydrogens is 445 g/mol. The first-order valence-corrected chi connectivity index (χ1v) is 11.7. The van der Waals surface area contributed by atoms with Gasteiger partial charge in [-0.25, -0.2) is 18.4 Å². The first-order valence-electron chi connectivity index (χ1n) is 10.1. The minimum atomic E-state index is -5.08. The maximum atomic E-state index is 12.0. The molecule has 0 amide bonds. The topological polar surface area (TPSA) is 101 Å². The highest BCUT2D eigenvalue weighted by atomic mass is 32.2. The van der Waals surface area contributed by atoms with Crippen LogP contribution in [0.2, 0.25) is 0 Å². The number of hydrogen-bond acceptors (Lipinski definition) is 4. The van der Waals surface area contributed by atoms with Gasteiger partial charge in [-0.3, -0.25) is 0 Å². The molecule has 3 N–H and O–H groups in total. The predicted molar refractivity (Wildman–Crippen MR) is 116 cm³/mol. The highest BCUT2D eigenvalue weighted by Crippen LogP contribution is 2.30. The van der Waals surface area contributed by atoms with Crippen LogP contribution in [0.4, 0.5) is 13.2 Å². The summed E-state index contributed by atoms with van der Waals surface area (Å²) in [6, 6.07) is 11.6. The number of sulfonamides is 1. The molecule has 0 aromatic heterocycles. The van der Waals surface area contributed by atoms with Crippen molar-refractivity contribution in [2.45, 2.75) is 44.2 Å². The number of rotatable bonds is 4. The summed E-state index contributed by atoms with van der Waals surface area (Å²) in [7, 11) is -3.75. The van der Waals surface area contributed by atoms with Crippen molar-refractivity contribution in [2.75, 3.05) is 19.6 Å². The number of aliphatic carboxylic acids is 1. The quantitative estimate of drug-likeness (QED) is 0.706. The number of carbonyl (C=O) groups is 1. The van der Waals surface area contributed by atoms with Crippen LogP contribution in [-0.4, -0.2) is 50.2 Å². The second kappa shape index (κ2) is 10.5. The zero-order valence-corrected chi connectivity index (χ0v) is 18.8. The highest BCUT2D eigenvalue weighted by molar-refractivity contribution is 7.89. The lowest BCUT2D eigenvalue weighted by Crippen LogP contribution is -2.27. The molecule has 32 heavy (non-hydrogen) atoms. The van der Waals surface area contributed by atoms with E-state index in [2.05, 4.69) is 24.0 Å². The van der Waals surface area contributed by atoms with Crippen molar-refractivity contribution in [2.24, 2.45) is 5.14 Å². The van der Waals surface area contributed by atoms with Crippen LogP contribution in [0.15, 0.2) is 41.3 Å². The molecule has 3 rings (SSSR count). The Bertz CT molecular complexity index is 1070. The third-order valence-corrected chi connectivity index (χ3v) is 6.10. The van der Waals surface area contributed by atoms with Crippen molar-refractivity contribution in [1.82, 2.24) is 4.90 Å². The van der Waals surface area contributed by atoms with E-state index in [-0.39, 0.29) is 4.90 Å².